The highest BCUT2D eigenvalue weighted by Crippen LogP contribution is 2.28. The topological polar surface area (TPSA) is 53.2 Å². The Morgan fingerprint density at radius 3 is 3.00 bits per heavy atom. The Morgan fingerprint density at radius 2 is 2.19 bits per heavy atom. The third-order valence-corrected chi connectivity index (χ3v) is 2.59. The van der Waals surface area contributed by atoms with Crippen LogP contribution in [0.3, 0.4) is 0 Å². The van der Waals surface area contributed by atoms with Crippen LogP contribution in [-0.4, -0.2) is 25.5 Å². The van der Waals surface area contributed by atoms with E-state index in [1.165, 1.54) is 0 Å². The molecule has 16 heavy (non-hydrogen) atoms. The number of carbonyl (C=O) groups excluding carboxylic acids is 1. The van der Waals surface area contributed by atoms with Crippen molar-refractivity contribution in [2.75, 3.05) is 30.3 Å². The van der Waals surface area contributed by atoms with Crippen LogP contribution in [0.1, 0.15) is 23.7 Å². The molecule has 0 bridgehead atoms. The van der Waals surface area contributed by atoms with Crippen molar-refractivity contribution in [1.82, 2.24) is 5.32 Å². The lowest BCUT2D eigenvalue weighted by Gasteiger charge is -2.22. The number of amides is 1. The summed E-state index contributed by atoms with van der Waals surface area (Å²) < 4.78 is 0. The Bertz CT molecular complexity index is 390. The van der Waals surface area contributed by atoms with Crippen LogP contribution < -0.4 is 16.0 Å². The van der Waals surface area contributed by atoms with Crippen LogP contribution in [-0.2, 0) is 0 Å². The molecule has 1 aliphatic rings. The van der Waals surface area contributed by atoms with Gasteiger partial charge in [-0.2, -0.15) is 0 Å². The summed E-state index contributed by atoms with van der Waals surface area (Å²) in [5.41, 5.74) is 2.65. The first-order valence-electron chi connectivity index (χ1n) is 5.72. The number of anilines is 2. The van der Waals surface area contributed by atoms with E-state index in [2.05, 4.69) is 16.0 Å². The fraction of sp³-hybridized carbons (Fsp3) is 0.417. The number of carbonyl (C=O) groups is 1. The maximum absolute atomic E-state index is 11.9. The monoisotopic (exact) mass is 219 g/mol. The van der Waals surface area contributed by atoms with Crippen molar-refractivity contribution in [1.29, 1.82) is 0 Å². The van der Waals surface area contributed by atoms with E-state index in [-0.39, 0.29) is 5.91 Å². The van der Waals surface area contributed by atoms with Gasteiger partial charge in [-0.25, -0.2) is 0 Å². The highest BCUT2D eigenvalue weighted by atomic mass is 16.1. The molecule has 4 heteroatoms. The van der Waals surface area contributed by atoms with E-state index in [0.717, 1.165) is 43.0 Å². The predicted octanol–water partition coefficient (Wildman–Crippen LogP) is 1.66. The minimum Gasteiger partial charge on any atom is -0.382 e. The van der Waals surface area contributed by atoms with Gasteiger partial charge in [0.1, 0.15) is 0 Å². The highest BCUT2D eigenvalue weighted by molar-refractivity contribution is 6.02. The van der Waals surface area contributed by atoms with Crippen LogP contribution >= 0.6 is 0 Å². The van der Waals surface area contributed by atoms with Gasteiger partial charge in [-0.1, -0.05) is 13.0 Å². The molecule has 1 aliphatic heterocycles. The van der Waals surface area contributed by atoms with E-state index in [9.17, 15) is 4.79 Å². The Labute approximate surface area is 95.4 Å². The van der Waals surface area contributed by atoms with Gasteiger partial charge in [-0.3, -0.25) is 4.79 Å². The molecule has 0 radical (unpaired) electrons. The third kappa shape index (κ3) is 2.10. The summed E-state index contributed by atoms with van der Waals surface area (Å²) in [7, 11) is 0. The summed E-state index contributed by atoms with van der Waals surface area (Å²) in [5, 5.41) is 9.43. The fourth-order valence-corrected chi connectivity index (χ4v) is 1.80. The molecule has 0 saturated carbocycles. The van der Waals surface area contributed by atoms with Gasteiger partial charge in [-0.05, 0) is 18.6 Å². The smallest absolute Gasteiger partial charge is 0.253 e. The summed E-state index contributed by atoms with van der Waals surface area (Å²) in [6, 6.07) is 5.74. The lowest BCUT2D eigenvalue weighted by atomic mass is 10.1. The molecule has 1 aromatic carbocycles. The second-order valence-electron chi connectivity index (χ2n) is 3.84. The molecular formula is C12H17N3O. The summed E-state index contributed by atoms with van der Waals surface area (Å²) in [4.78, 5) is 11.9. The molecule has 0 atom stereocenters. The molecule has 3 N–H and O–H groups in total. The quantitative estimate of drug-likeness (QED) is 0.724. The summed E-state index contributed by atoms with van der Waals surface area (Å²) in [6.45, 7) is 4.51. The van der Waals surface area contributed by atoms with E-state index in [1.807, 2.05) is 25.1 Å². The number of nitrogens with one attached hydrogen (secondary N) is 3. The maximum Gasteiger partial charge on any atom is 0.253 e. The number of para-hydroxylation sites is 1. The van der Waals surface area contributed by atoms with E-state index < -0.39 is 0 Å². The Kier molecular flexibility index (Phi) is 3.29. The maximum atomic E-state index is 11.9. The molecule has 0 aromatic heterocycles. The zero-order valence-corrected chi connectivity index (χ0v) is 9.47. The van der Waals surface area contributed by atoms with Crippen LogP contribution in [0.15, 0.2) is 18.2 Å². The Morgan fingerprint density at radius 1 is 1.38 bits per heavy atom. The van der Waals surface area contributed by atoms with Crippen LogP contribution in [0.4, 0.5) is 11.4 Å². The molecule has 86 valence electrons. The zero-order valence-electron chi connectivity index (χ0n) is 9.47. The molecule has 1 amide bonds. The van der Waals surface area contributed by atoms with Gasteiger partial charge >= 0.3 is 0 Å². The first-order chi connectivity index (χ1) is 7.83. The van der Waals surface area contributed by atoms with Crippen molar-refractivity contribution in [3.05, 3.63) is 23.8 Å². The molecule has 1 aromatic rings. The molecule has 0 saturated heterocycles. The molecule has 0 aliphatic carbocycles. The summed E-state index contributed by atoms with van der Waals surface area (Å²) >= 11 is 0. The highest BCUT2D eigenvalue weighted by Gasteiger charge is 2.16. The molecule has 0 unspecified atom stereocenters. The molecule has 4 nitrogen and oxygen atoms in total. The Balaban J connectivity index is 2.23. The predicted molar refractivity (Wildman–Crippen MR) is 66.0 cm³/mol. The first-order valence-corrected chi connectivity index (χ1v) is 5.72. The summed E-state index contributed by atoms with van der Waals surface area (Å²) in [6.07, 6.45) is 0.951. The number of fused-ring (bicyclic) bond motifs is 1. The normalized spacial score (nSPS) is 13.3. The zero-order chi connectivity index (χ0) is 11.4. The Hall–Kier alpha value is -1.71. The molecule has 0 fully saturated rings. The van der Waals surface area contributed by atoms with Crippen molar-refractivity contribution in [2.45, 2.75) is 13.3 Å². The molecule has 2 rings (SSSR count). The largest absolute Gasteiger partial charge is 0.382 e. The van der Waals surface area contributed by atoms with Crippen LogP contribution in [0.5, 0.6) is 0 Å². The van der Waals surface area contributed by atoms with Crippen LogP contribution in [0.25, 0.3) is 0 Å². The van der Waals surface area contributed by atoms with Crippen molar-refractivity contribution in [3.8, 4) is 0 Å². The van der Waals surface area contributed by atoms with E-state index >= 15 is 0 Å². The minimum atomic E-state index is -0.00472. The summed E-state index contributed by atoms with van der Waals surface area (Å²) in [5.74, 6) is -0.00472. The average molecular weight is 219 g/mol. The van der Waals surface area contributed by atoms with Gasteiger partial charge < -0.3 is 16.0 Å². The van der Waals surface area contributed by atoms with Gasteiger partial charge in [0.2, 0.25) is 0 Å². The number of benzene rings is 1. The third-order valence-electron chi connectivity index (χ3n) is 2.59. The van der Waals surface area contributed by atoms with E-state index in [0.29, 0.717) is 0 Å². The number of hydrogen-bond acceptors (Lipinski definition) is 3. The van der Waals surface area contributed by atoms with Crippen LogP contribution in [0.2, 0.25) is 0 Å². The average Bonchev–Trinajstić information content (AvgIpc) is 2.35. The van der Waals surface area contributed by atoms with Crippen LogP contribution in [0, 0.1) is 0 Å². The lowest BCUT2D eigenvalue weighted by molar-refractivity contribution is 0.0954. The fourth-order valence-electron chi connectivity index (χ4n) is 1.80. The van der Waals surface area contributed by atoms with Crippen molar-refractivity contribution in [2.24, 2.45) is 0 Å². The van der Waals surface area contributed by atoms with Crippen molar-refractivity contribution >= 4 is 17.3 Å². The van der Waals surface area contributed by atoms with Gasteiger partial charge in [0.05, 0.1) is 16.9 Å². The second-order valence-corrected chi connectivity index (χ2v) is 3.84. The van der Waals surface area contributed by atoms with Gasteiger partial charge in [0, 0.05) is 19.6 Å². The van der Waals surface area contributed by atoms with E-state index in [1.54, 1.807) is 0 Å². The van der Waals surface area contributed by atoms with Crippen molar-refractivity contribution < 1.29 is 4.79 Å². The van der Waals surface area contributed by atoms with Crippen molar-refractivity contribution in [3.63, 3.8) is 0 Å². The molecular weight excluding hydrogens is 202 g/mol. The molecule has 1 heterocycles. The second kappa shape index (κ2) is 4.88. The van der Waals surface area contributed by atoms with Gasteiger partial charge in [0.25, 0.3) is 5.91 Å². The number of hydrogen-bond donors (Lipinski definition) is 3. The minimum absolute atomic E-state index is 0.00472. The van der Waals surface area contributed by atoms with Gasteiger partial charge in [0.15, 0.2) is 0 Å². The number of rotatable bonds is 3. The SMILES string of the molecule is CCCNC(=O)c1cccc2c1NCCN2. The molecule has 0 spiro atoms. The van der Waals surface area contributed by atoms with Gasteiger partial charge in [-0.15, -0.1) is 0 Å². The van der Waals surface area contributed by atoms with E-state index in [4.69, 9.17) is 0 Å². The first kappa shape index (κ1) is 10.8. The lowest BCUT2D eigenvalue weighted by Crippen LogP contribution is -2.28. The standard InChI is InChI=1S/C12H17N3O/c1-2-6-15-12(16)9-4-3-5-10-11(9)14-8-7-13-10/h3-5,13-14H,2,6-8H2,1H3,(H,15,16).